The quantitative estimate of drug-likeness (QED) is 0.258. The molecule has 42 heavy (non-hydrogen) atoms. The van der Waals surface area contributed by atoms with Crippen LogP contribution in [0.15, 0.2) is 53.9 Å². The van der Waals surface area contributed by atoms with Crippen LogP contribution in [0.2, 0.25) is 0 Å². The third kappa shape index (κ3) is 6.90. The lowest BCUT2D eigenvalue weighted by Gasteiger charge is -2.29. The van der Waals surface area contributed by atoms with Gasteiger partial charge in [0, 0.05) is 41.8 Å². The minimum atomic E-state index is -2.37. The molecule has 0 spiro atoms. The van der Waals surface area contributed by atoms with Gasteiger partial charge < -0.3 is 20.6 Å². The Morgan fingerprint density at radius 1 is 1.19 bits per heavy atom. The summed E-state index contributed by atoms with van der Waals surface area (Å²) >= 11 is -0.842. The van der Waals surface area contributed by atoms with Gasteiger partial charge in [0.25, 0.3) is 23.1 Å². The first-order chi connectivity index (χ1) is 20.2. The SMILES string of the molecule is Cc1csc(C2CCCN2C(=O)c2cc(C(=O)NC(Cc3ccccc3)C(O)C3CCCN3)cc(N(C)S(=O)O)c2)n1. The van der Waals surface area contributed by atoms with Crippen LogP contribution in [0.5, 0.6) is 0 Å². The number of nitrogens with zero attached hydrogens (tertiary/aromatic N) is 3. The Morgan fingerprint density at radius 3 is 2.62 bits per heavy atom. The molecule has 2 aliphatic rings. The molecule has 2 amide bonds. The predicted molar refractivity (Wildman–Crippen MR) is 164 cm³/mol. The second kappa shape index (κ2) is 13.4. The van der Waals surface area contributed by atoms with Gasteiger partial charge in [-0.3, -0.25) is 18.4 Å². The van der Waals surface area contributed by atoms with E-state index in [1.54, 1.807) is 4.90 Å². The van der Waals surface area contributed by atoms with Crippen LogP contribution in [0, 0.1) is 6.92 Å². The average Bonchev–Trinajstić information content (AvgIpc) is 3.78. The molecule has 0 radical (unpaired) electrons. The van der Waals surface area contributed by atoms with Gasteiger partial charge >= 0.3 is 0 Å². The highest BCUT2D eigenvalue weighted by Crippen LogP contribution is 2.35. The van der Waals surface area contributed by atoms with Crippen LogP contribution in [0.4, 0.5) is 5.69 Å². The molecule has 0 saturated carbocycles. The number of hydrogen-bond acceptors (Lipinski definition) is 7. The molecule has 4 N–H and O–H groups in total. The van der Waals surface area contributed by atoms with Gasteiger partial charge in [-0.2, -0.15) is 0 Å². The summed E-state index contributed by atoms with van der Waals surface area (Å²) in [6.07, 6.45) is 2.96. The molecule has 5 atom stereocenters. The minimum Gasteiger partial charge on any atom is -0.389 e. The van der Waals surface area contributed by atoms with Crippen molar-refractivity contribution in [1.29, 1.82) is 0 Å². The van der Waals surface area contributed by atoms with Gasteiger partial charge in [-0.15, -0.1) is 11.3 Å². The van der Waals surface area contributed by atoms with Crippen LogP contribution in [-0.2, 0) is 17.7 Å². The third-order valence-corrected chi connectivity index (χ3v) is 9.74. The Morgan fingerprint density at radius 2 is 1.95 bits per heavy atom. The Hall–Kier alpha value is -3.16. The molecule has 5 unspecified atom stereocenters. The summed E-state index contributed by atoms with van der Waals surface area (Å²) in [4.78, 5) is 34.0. The molecule has 0 aliphatic carbocycles. The van der Waals surface area contributed by atoms with E-state index in [1.807, 2.05) is 42.6 Å². The summed E-state index contributed by atoms with van der Waals surface area (Å²) < 4.78 is 22.9. The summed E-state index contributed by atoms with van der Waals surface area (Å²) in [5.74, 6) is -0.746. The normalized spacial score (nSPS) is 20.7. The summed E-state index contributed by atoms with van der Waals surface area (Å²) in [7, 11) is 1.42. The van der Waals surface area contributed by atoms with Crippen molar-refractivity contribution in [3.63, 3.8) is 0 Å². The zero-order valence-electron chi connectivity index (χ0n) is 23.7. The van der Waals surface area contributed by atoms with Crippen molar-refractivity contribution in [2.75, 3.05) is 24.4 Å². The van der Waals surface area contributed by atoms with Gasteiger partial charge in [-0.1, -0.05) is 30.3 Å². The zero-order valence-corrected chi connectivity index (χ0v) is 25.4. The molecule has 10 nitrogen and oxygen atoms in total. The van der Waals surface area contributed by atoms with Crippen molar-refractivity contribution < 1.29 is 23.5 Å². The highest BCUT2D eigenvalue weighted by molar-refractivity contribution is 7.80. The summed E-state index contributed by atoms with van der Waals surface area (Å²) in [5.41, 5.74) is 2.54. The highest BCUT2D eigenvalue weighted by Gasteiger charge is 2.34. The van der Waals surface area contributed by atoms with Crippen molar-refractivity contribution >= 4 is 40.1 Å². The van der Waals surface area contributed by atoms with Crippen LogP contribution in [0.25, 0.3) is 0 Å². The van der Waals surface area contributed by atoms with Crippen LogP contribution >= 0.6 is 11.3 Å². The minimum absolute atomic E-state index is 0.146. The number of hydrogen-bond donors (Lipinski definition) is 4. The maximum absolute atomic E-state index is 13.9. The van der Waals surface area contributed by atoms with Crippen LogP contribution in [-0.4, -0.2) is 73.9 Å². The summed E-state index contributed by atoms with van der Waals surface area (Å²) in [6, 6.07) is 13.3. The van der Waals surface area contributed by atoms with E-state index in [2.05, 4.69) is 15.6 Å². The molecule has 224 valence electrons. The van der Waals surface area contributed by atoms with E-state index in [0.29, 0.717) is 13.0 Å². The number of anilines is 1. The average molecular weight is 612 g/mol. The van der Waals surface area contributed by atoms with E-state index < -0.39 is 29.3 Å². The standard InChI is InChI=1S/C30H37N5O5S2/c1-19-18-41-29(32-19)26-11-7-13-35(26)30(38)22-15-21(16-23(17-22)34(2)42(39)40)28(37)33-25(14-20-8-4-3-5-9-20)27(36)24-10-6-12-31-24/h3-5,8-9,15-18,24-27,31,36H,6-7,10-14H2,1-2H3,(H,33,37)(H,39,40). The maximum atomic E-state index is 13.9. The lowest BCUT2D eigenvalue weighted by molar-refractivity contribution is 0.0733. The number of thiazole rings is 1. The van der Waals surface area contributed by atoms with Gasteiger partial charge in [-0.05, 0) is 69.3 Å². The van der Waals surface area contributed by atoms with Gasteiger partial charge in [-0.25, -0.2) is 9.19 Å². The summed E-state index contributed by atoms with van der Waals surface area (Å²) in [5, 5.41) is 20.5. The number of rotatable bonds is 10. The molecule has 1 aromatic heterocycles. The number of benzene rings is 2. The molecule has 0 bridgehead atoms. The fourth-order valence-electron chi connectivity index (χ4n) is 5.76. The predicted octanol–water partition coefficient (Wildman–Crippen LogP) is 3.46. The Balaban J connectivity index is 1.44. The van der Waals surface area contributed by atoms with Crippen molar-refractivity contribution in [3.8, 4) is 0 Å². The molecule has 3 aromatic rings. The molecule has 3 heterocycles. The second-order valence-electron chi connectivity index (χ2n) is 10.9. The first kappa shape index (κ1) is 30.3. The van der Waals surface area contributed by atoms with Gasteiger partial charge in [0.2, 0.25) is 0 Å². The third-order valence-electron chi connectivity index (χ3n) is 8.00. The smallest absolute Gasteiger partial charge is 0.261 e. The van der Waals surface area contributed by atoms with Crippen molar-refractivity contribution in [2.45, 2.75) is 63.3 Å². The number of likely N-dealkylation sites (tertiary alicyclic amines) is 1. The molecule has 5 rings (SSSR count). The fraction of sp³-hybridized carbons (Fsp3) is 0.433. The molecule has 12 heteroatoms. The molecular weight excluding hydrogens is 574 g/mol. The number of carbonyl (C=O) groups excluding carboxylic acids is 2. The Labute approximate surface area is 252 Å². The van der Waals surface area contributed by atoms with E-state index in [4.69, 9.17) is 0 Å². The first-order valence-corrected chi connectivity index (χ1v) is 16.1. The van der Waals surface area contributed by atoms with Crippen LogP contribution in [0.1, 0.15) is 68.7 Å². The lowest BCUT2D eigenvalue weighted by Crippen LogP contribution is -2.52. The monoisotopic (exact) mass is 611 g/mol. The zero-order chi connectivity index (χ0) is 29.8. The Bertz CT molecular complexity index is 1430. The molecule has 2 aliphatic heterocycles. The molecule has 2 aromatic carbocycles. The van der Waals surface area contributed by atoms with Crippen molar-refractivity contribution in [1.82, 2.24) is 20.5 Å². The molecule has 2 fully saturated rings. The van der Waals surface area contributed by atoms with Crippen LogP contribution < -0.4 is 14.9 Å². The number of amides is 2. The van der Waals surface area contributed by atoms with Crippen molar-refractivity contribution in [3.05, 3.63) is 81.3 Å². The van der Waals surface area contributed by atoms with E-state index in [1.165, 1.54) is 36.6 Å². The van der Waals surface area contributed by atoms with E-state index in [-0.39, 0.29) is 34.8 Å². The lowest BCUT2D eigenvalue weighted by atomic mass is 9.95. The summed E-state index contributed by atoms with van der Waals surface area (Å²) in [6.45, 7) is 3.28. The largest absolute Gasteiger partial charge is 0.389 e. The number of aliphatic hydroxyl groups is 1. The number of nitrogens with one attached hydrogen (secondary N) is 2. The molecular formula is C30H37N5O5S2. The number of aliphatic hydroxyl groups excluding tert-OH is 1. The van der Waals surface area contributed by atoms with Gasteiger partial charge in [0.05, 0.1) is 23.9 Å². The molecule has 2 saturated heterocycles. The Kier molecular flexibility index (Phi) is 9.69. The van der Waals surface area contributed by atoms with E-state index in [0.717, 1.165) is 52.8 Å². The number of aromatic nitrogens is 1. The maximum Gasteiger partial charge on any atom is 0.261 e. The topological polar surface area (TPSA) is 135 Å². The number of carbonyl (C=O) groups is 2. The second-order valence-corrected chi connectivity index (χ2v) is 12.8. The van der Waals surface area contributed by atoms with Gasteiger partial charge in [0.15, 0.2) is 0 Å². The van der Waals surface area contributed by atoms with Gasteiger partial charge in [0.1, 0.15) is 5.01 Å². The first-order valence-electron chi connectivity index (χ1n) is 14.2. The van der Waals surface area contributed by atoms with Crippen molar-refractivity contribution in [2.24, 2.45) is 0 Å². The fourth-order valence-corrected chi connectivity index (χ4v) is 6.98. The van der Waals surface area contributed by atoms with E-state index in [9.17, 15) is 23.5 Å². The highest BCUT2D eigenvalue weighted by atomic mass is 32.2. The van der Waals surface area contributed by atoms with Crippen LogP contribution in [0.3, 0.4) is 0 Å². The van der Waals surface area contributed by atoms with E-state index >= 15 is 0 Å². The number of aryl methyl sites for hydroxylation is 1.